The van der Waals surface area contributed by atoms with Crippen LogP contribution >= 0.6 is 0 Å². The van der Waals surface area contributed by atoms with Crippen LogP contribution in [-0.2, 0) is 0 Å². The molecule has 0 aliphatic rings. The third-order valence-corrected chi connectivity index (χ3v) is 2.29. The van der Waals surface area contributed by atoms with Gasteiger partial charge in [0.2, 0.25) is 5.96 Å². The van der Waals surface area contributed by atoms with Gasteiger partial charge in [0, 0.05) is 18.0 Å². The van der Waals surface area contributed by atoms with Crippen molar-refractivity contribution in [3.05, 3.63) is 41.2 Å². The Balaban J connectivity index is 2.28. The van der Waals surface area contributed by atoms with Gasteiger partial charge in [-0.1, -0.05) is 0 Å². The molecule has 9 nitrogen and oxygen atoms in total. The van der Waals surface area contributed by atoms with Gasteiger partial charge >= 0.3 is 6.03 Å². The molecule has 0 aliphatic heterocycles. The minimum absolute atomic E-state index is 0.0832. The van der Waals surface area contributed by atoms with E-state index in [1.807, 2.05) is 5.32 Å². The monoisotopic (exact) mass is 273 g/mol. The third-order valence-electron chi connectivity index (χ3n) is 2.29. The van der Waals surface area contributed by atoms with Gasteiger partial charge in [-0.3, -0.25) is 15.5 Å². The molecule has 2 rings (SSSR count). The quantitative estimate of drug-likeness (QED) is 0.381. The van der Waals surface area contributed by atoms with E-state index >= 15 is 0 Å². The number of amides is 2. The fourth-order valence-corrected chi connectivity index (χ4v) is 1.48. The molecule has 6 N–H and O–H groups in total. The van der Waals surface area contributed by atoms with Crippen LogP contribution in [0.4, 0.5) is 10.5 Å². The zero-order valence-corrected chi connectivity index (χ0v) is 10.2. The van der Waals surface area contributed by atoms with Crippen LogP contribution in [0.2, 0.25) is 0 Å². The molecule has 2 heterocycles. The van der Waals surface area contributed by atoms with Crippen molar-refractivity contribution < 1.29 is 4.79 Å². The summed E-state index contributed by atoms with van der Waals surface area (Å²) in [6.45, 7) is 0. The summed E-state index contributed by atoms with van der Waals surface area (Å²) < 4.78 is 0. The zero-order valence-electron chi connectivity index (χ0n) is 10.2. The van der Waals surface area contributed by atoms with Gasteiger partial charge in [0.05, 0.1) is 5.69 Å². The number of nitrogens with two attached hydrogens (primary N) is 1. The van der Waals surface area contributed by atoms with Gasteiger partial charge in [-0.15, -0.1) is 0 Å². The number of hydrogen-bond acceptors (Lipinski definition) is 5. The number of carbonyl (C=O) groups is 1. The van der Waals surface area contributed by atoms with Gasteiger partial charge in [-0.2, -0.15) is 0 Å². The van der Waals surface area contributed by atoms with Gasteiger partial charge in [-0.25, -0.2) is 14.8 Å². The first-order valence-electron chi connectivity index (χ1n) is 5.47. The smallest absolute Gasteiger partial charge is 0.318 e. The highest BCUT2D eigenvalue weighted by atomic mass is 16.2. The van der Waals surface area contributed by atoms with Crippen LogP contribution in [0.3, 0.4) is 0 Å². The van der Waals surface area contributed by atoms with Crippen LogP contribution in [-0.4, -0.2) is 26.9 Å². The summed E-state index contributed by atoms with van der Waals surface area (Å²) in [6.07, 6.45) is 4.43. The molecule has 0 radical (unpaired) electrons. The minimum atomic E-state index is -0.897. The van der Waals surface area contributed by atoms with E-state index in [1.54, 1.807) is 12.3 Å². The van der Waals surface area contributed by atoms with Crippen molar-refractivity contribution >= 4 is 17.7 Å². The number of rotatable bonds is 2. The van der Waals surface area contributed by atoms with Crippen molar-refractivity contribution in [3.63, 3.8) is 0 Å². The fourth-order valence-electron chi connectivity index (χ4n) is 1.48. The lowest BCUT2D eigenvalue weighted by atomic mass is 10.2. The predicted molar refractivity (Wildman–Crippen MR) is 72.2 cm³/mol. The van der Waals surface area contributed by atoms with Crippen molar-refractivity contribution in [2.24, 2.45) is 5.73 Å². The summed E-state index contributed by atoms with van der Waals surface area (Å²) in [7, 11) is 0. The molecule has 2 aromatic heterocycles. The van der Waals surface area contributed by atoms with Crippen LogP contribution in [0.1, 0.15) is 0 Å². The third kappa shape index (κ3) is 3.16. The number of nitrogens with one attached hydrogen (secondary N) is 4. The number of H-pyrrole nitrogens is 1. The zero-order chi connectivity index (χ0) is 14.5. The molecule has 102 valence electrons. The van der Waals surface area contributed by atoms with Crippen molar-refractivity contribution in [1.82, 2.24) is 20.3 Å². The molecular weight excluding hydrogens is 262 g/mol. The van der Waals surface area contributed by atoms with Gasteiger partial charge < -0.3 is 16.0 Å². The summed E-state index contributed by atoms with van der Waals surface area (Å²) in [5.41, 5.74) is 5.74. The Kier molecular flexibility index (Phi) is 3.70. The number of aromatic nitrogens is 3. The molecule has 20 heavy (non-hydrogen) atoms. The highest BCUT2D eigenvalue weighted by Crippen LogP contribution is 2.15. The average molecular weight is 273 g/mol. The molecule has 0 saturated carbocycles. The number of urea groups is 1. The fraction of sp³-hybridized carbons (Fsp3) is 0. The van der Waals surface area contributed by atoms with Gasteiger partial charge in [0.1, 0.15) is 12.0 Å². The largest absolute Gasteiger partial charge is 0.351 e. The Morgan fingerprint density at radius 1 is 1.45 bits per heavy atom. The first-order chi connectivity index (χ1) is 9.56. The van der Waals surface area contributed by atoms with Gasteiger partial charge in [0.15, 0.2) is 0 Å². The molecule has 0 fully saturated rings. The maximum absolute atomic E-state index is 11.6. The van der Waals surface area contributed by atoms with E-state index in [2.05, 4.69) is 20.3 Å². The second-order valence-electron chi connectivity index (χ2n) is 3.72. The average Bonchev–Trinajstić information content (AvgIpc) is 2.41. The lowest BCUT2D eigenvalue weighted by molar-refractivity contribution is 0.253. The predicted octanol–water partition coefficient (Wildman–Crippen LogP) is -0.153. The highest BCUT2D eigenvalue weighted by molar-refractivity contribution is 6.01. The van der Waals surface area contributed by atoms with E-state index in [0.29, 0.717) is 11.3 Å². The molecule has 2 aromatic rings. The number of aromatic amines is 1. The number of hydrogen-bond donors (Lipinski definition) is 5. The van der Waals surface area contributed by atoms with Crippen LogP contribution in [0.15, 0.2) is 35.6 Å². The summed E-state index contributed by atoms with van der Waals surface area (Å²) in [4.78, 5) is 32.6. The molecule has 0 atom stereocenters. The molecule has 0 aromatic carbocycles. The number of pyridine rings is 1. The molecule has 0 saturated heterocycles. The molecule has 0 spiro atoms. The number of primary amides is 1. The maximum atomic E-state index is 11.6. The SMILES string of the molecule is N=C(NC(N)=O)Nc1cc(-c2ccncn2)c[nH]c1=O. The number of nitrogens with zero attached hydrogens (tertiary/aromatic N) is 2. The van der Waals surface area contributed by atoms with E-state index in [1.165, 1.54) is 18.6 Å². The van der Waals surface area contributed by atoms with E-state index in [9.17, 15) is 9.59 Å². The molecular formula is C11H11N7O2. The summed E-state index contributed by atoms with van der Waals surface area (Å²) in [6, 6.07) is 2.27. The Bertz CT molecular complexity index is 695. The lowest BCUT2D eigenvalue weighted by Crippen LogP contribution is -2.39. The van der Waals surface area contributed by atoms with Crippen molar-refractivity contribution in [1.29, 1.82) is 5.41 Å². The Labute approximate surface area is 112 Å². The molecule has 0 aliphatic carbocycles. The molecule has 9 heteroatoms. The lowest BCUT2D eigenvalue weighted by Gasteiger charge is -2.08. The van der Waals surface area contributed by atoms with Crippen molar-refractivity contribution in [2.45, 2.75) is 0 Å². The second-order valence-corrected chi connectivity index (χ2v) is 3.72. The van der Waals surface area contributed by atoms with E-state index in [-0.39, 0.29) is 5.69 Å². The van der Waals surface area contributed by atoms with Crippen LogP contribution in [0.25, 0.3) is 11.3 Å². The second kappa shape index (κ2) is 5.61. The molecule has 0 bridgehead atoms. The minimum Gasteiger partial charge on any atom is -0.351 e. The van der Waals surface area contributed by atoms with Crippen LogP contribution in [0, 0.1) is 5.41 Å². The number of guanidine groups is 1. The van der Waals surface area contributed by atoms with E-state index in [4.69, 9.17) is 11.1 Å². The first-order valence-corrected chi connectivity index (χ1v) is 5.47. The van der Waals surface area contributed by atoms with Gasteiger partial charge in [-0.05, 0) is 12.1 Å². The molecule has 2 amide bonds. The molecule has 0 unspecified atom stereocenters. The first kappa shape index (κ1) is 13.2. The van der Waals surface area contributed by atoms with E-state index in [0.717, 1.165) is 0 Å². The van der Waals surface area contributed by atoms with Crippen molar-refractivity contribution in [2.75, 3.05) is 5.32 Å². The number of anilines is 1. The summed E-state index contributed by atoms with van der Waals surface area (Å²) in [5.74, 6) is -0.400. The standard InChI is InChI=1S/C11H11N7O2/c12-10(18-11(13)20)17-8-3-6(4-15-9(8)19)7-1-2-14-5-16-7/h1-5H,(H,15,19)(H5,12,13,17,18,20). The Hall–Kier alpha value is -3.23. The maximum Gasteiger partial charge on any atom is 0.318 e. The van der Waals surface area contributed by atoms with Gasteiger partial charge in [0.25, 0.3) is 5.56 Å². The Morgan fingerprint density at radius 2 is 2.25 bits per heavy atom. The normalized spacial score (nSPS) is 9.80. The van der Waals surface area contributed by atoms with Crippen LogP contribution in [0.5, 0.6) is 0 Å². The topological polar surface area (TPSA) is 150 Å². The van der Waals surface area contributed by atoms with Crippen LogP contribution < -0.4 is 21.9 Å². The van der Waals surface area contributed by atoms with E-state index < -0.39 is 17.5 Å². The highest BCUT2D eigenvalue weighted by Gasteiger charge is 2.07. The number of carbonyl (C=O) groups excluding carboxylic acids is 1. The van der Waals surface area contributed by atoms with Crippen molar-refractivity contribution in [3.8, 4) is 11.3 Å². The Morgan fingerprint density at radius 3 is 2.90 bits per heavy atom. The summed E-state index contributed by atoms with van der Waals surface area (Å²) >= 11 is 0. The summed E-state index contributed by atoms with van der Waals surface area (Å²) in [5, 5.41) is 11.9.